The molecule has 240 valence electrons. The number of carbonyl (C=O) groups excluding carboxylic acids is 2. The van der Waals surface area contributed by atoms with Crippen molar-refractivity contribution < 1.29 is 38.9 Å². The number of nitrogens with zero attached hydrogens (tertiary/aromatic N) is 2. The molecule has 0 aromatic carbocycles. The average Bonchev–Trinajstić information content (AvgIpc) is 2.96. The summed E-state index contributed by atoms with van der Waals surface area (Å²) in [5.41, 5.74) is 1.49. The summed E-state index contributed by atoms with van der Waals surface area (Å²) >= 11 is 12.2. The van der Waals surface area contributed by atoms with Crippen molar-refractivity contribution in [3.63, 3.8) is 0 Å². The molecular weight excluding hydrogens is 733 g/mol. The van der Waals surface area contributed by atoms with E-state index in [0.717, 1.165) is 44.3 Å². The molecule has 0 radical (unpaired) electrons. The molecule has 1 unspecified atom stereocenters. The highest BCUT2D eigenvalue weighted by atomic mass is 32.2. The molecule has 0 heterocycles. The van der Waals surface area contributed by atoms with Crippen molar-refractivity contribution >= 4 is 140 Å². The van der Waals surface area contributed by atoms with E-state index in [1.807, 2.05) is 0 Å². The van der Waals surface area contributed by atoms with Crippen LogP contribution in [0, 0.1) is 0 Å². The number of thioether (sulfide) groups is 9. The maximum atomic E-state index is 12.0. The Morgan fingerprint density at radius 2 is 1.46 bits per heavy atom. The Morgan fingerprint density at radius 1 is 0.805 bits per heavy atom. The van der Waals surface area contributed by atoms with Crippen LogP contribution < -0.4 is 10.6 Å². The molecule has 0 aliphatic rings. The van der Waals surface area contributed by atoms with Crippen molar-refractivity contribution in [1.82, 2.24) is 10.6 Å². The Balaban J connectivity index is 3.39. The van der Waals surface area contributed by atoms with Crippen molar-refractivity contribution in [2.24, 2.45) is 9.98 Å². The quantitative estimate of drug-likeness (QED) is 0.0161. The second-order valence-corrected chi connectivity index (χ2v) is 17.7. The normalized spacial score (nSPS) is 12.2. The molecule has 0 aliphatic carbocycles. The molecule has 4 N–H and O–H groups in total. The number of aliphatic hydroxyl groups is 2. The Bertz CT molecular complexity index is 679. The molecule has 41 heavy (non-hydrogen) atoms. The van der Waals surface area contributed by atoms with Gasteiger partial charge in [-0.2, -0.15) is 16.6 Å². The summed E-state index contributed by atoms with van der Waals surface area (Å²) in [6.07, 6.45) is 0.708. The molecular formula is C19H36N4O8S10. The summed E-state index contributed by atoms with van der Waals surface area (Å²) in [5.74, 6) is 5.19. The maximum absolute atomic E-state index is 12.0. The number of ether oxygens (including phenoxy) is 1. The molecule has 0 rings (SSSR count). The van der Waals surface area contributed by atoms with Crippen LogP contribution in [0.2, 0.25) is 0 Å². The third kappa shape index (κ3) is 35.6. The fourth-order valence-corrected chi connectivity index (χ4v) is 9.41. The second-order valence-electron chi connectivity index (χ2n) is 6.23. The molecule has 0 aromatic rings. The largest absolute Gasteiger partial charge is 0.611 e. The predicted octanol–water partition coefficient (Wildman–Crippen LogP) is 4.29. The number of carbonyl (C=O) groups is 2. The number of rotatable bonds is 29. The molecule has 0 saturated heterocycles. The topological polar surface area (TPSA) is 174 Å². The number of hydrogen-bond acceptors (Lipinski definition) is 19. The predicted molar refractivity (Wildman–Crippen MR) is 191 cm³/mol. The minimum atomic E-state index is -1.08. The maximum Gasteiger partial charge on any atom is 0.408 e. The van der Waals surface area contributed by atoms with Gasteiger partial charge in [0, 0.05) is 32.5 Å². The first-order valence-electron chi connectivity index (χ1n) is 11.4. The van der Waals surface area contributed by atoms with E-state index in [0.29, 0.717) is 29.3 Å². The molecule has 12 nitrogen and oxygen atoms in total. The van der Waals surface area contributed by atoms with Crippen LogP contribution in [-0.2, 0) is 25.7 Å². The zero-order chi connectivity index (χ0) is 30.1. The molecule has 2 amide bonds. The zero-order valence-corrected chi connectivity index (χ0v) is 30.2. The van der Waals surface area contributed by atoms with Gasteiger partial charge in [-0.1, -0.05) is 23.5 Å². The van der Waals surface area contributed by atoms with E-state index in [1.165, 1.54) is 47.2 Å². The van der Waals surface area contributed by atoms with E-state index in [1.54, 1.807) is 58.8 Å². The van der Waals surface area contributed by atoms with Gasteiger partial charge in [0.15, 0.2) is 0 Å². The first kappa shape index (κ1) is 42.2. The second kappa shape index (κ2) is 35.7. The lowest BCUT2D eigenvalue weighted by Crippen LogP contribution is -2.23. The zero-order valence-electron chi connectivity index (χ0n) is 22.1. The minimum Gasteiger partial charge on any atom is -0.611 e. The van der Waals surface area contributed by atoms with E-state index in [4.69, 9.17) is 19.8 Å². The van der Waals surface area contributed by atoms with Gasteiger partial charge in [0.05, 0.1) is 35.4 Å². The van der Waals surface area contributed by atoms with Crippen molar-refractivity contribution in [3.05, 3.63) is 0 Å². The summed E-state index contributed by atoms with van der Waals surface area (Å²) in [5, 5.41) is 25.0. The Labute approximate surface area is 283 Å². The summed E-state index contributed by atoms with van der Waals surface area (Å²) in [4.78, 5) is 40.7. The van der Waals surface area contributed by atoms with Crippen LogP contribution in [0.25, 0.3) is 0 Å². The number of aliphatic hydroxyl groups excluding tert-OH is 2. The van der Waals surface area contributed by atoms with E-state index in [9.17, 15) is 14.1 Å². The highest BCUT2D eigenvalue weighted by Gasteiger charge is 2.04. The van der Waals surface area contributed by atoms with Crippen LogP contribution in [-0.4, -0.2) is 124 Å². The van der Waals surface area contributed by atoms with Gasteiger partial charge in [-0.15, -0.1) is 70.6 Å². The molecule has 0 aliphatic heterocycles. The Kier molecular flexibility index (Phi) is 36.8. The summed E-state index contributed by atoms with van der Waals surface area (Å²) in [7, 11) is 0. The van der Waals surface area contributed by atoms with Crippen LogP contribution >= 0.6 is 106 Å². The van der Waals surface area contributed by atoms with E-state index < -0.39 is 17.3 Å². The molecule has 1 atom stereocenters. The molecule has 0 bridgehead atoms. The van der Waals surface area contributed by atoms with Gasteiger partial charge in [0.25, 0.3) is 5.24 Å². The van der Waals surface area contributed by atoms with Gasteiger partial charge in [-0.3, -0.25) is 4.79 Å². The monoisotopic (exact) mass is 768 g/mol. The summed E-state index contributed by atoms with van der Waals surface area (Å²) < 4.78 is 16.8. The number of alkyl carbamates (subject to hydrolysis) is 1. The van der Waals surface area contributed by atoms with Crippen LogP contribution in [0.15, 0.2) is 9.98 Å². The van der Waals surface area contributed by atoms with Gasteiger partial charge in [-0.05, 0) is 11.2 Å². The van der Waals surface area contributed by atoms with Crippen LogP contribution in [0.1, 0.15) is 0 Å². The van der Waals surface area contributed by atoms with Crippen LogP contribution in [0.3, 0.4) is 0 Å². The number of hydrogen-bond donors (Lipinski definition) is 4. The highest BCUT2D eigenvalue weighted by Crippen LogP contribution is 2.16. The van der Waals surface area contributed by atoms with E-state index in [2.05, 4.69) is 25.5 Å². The third-order valence-electron chi connectivity index (χ3n) is 3.32. The van der Waals surface area contributed by atoms with Crippen LogP contribution in [0.4, 0.5) is 9.59 Å². The Morgan fingerprint density at radius 3 is 2.22 bits per heavy atom. The number of aliphatic imine (C=N–C) groups is 2. The lowest BCUT2D eigenvalue weighted by atomic mass is 11.0. The van der Waals surface area contributed by atoms with Gasteiger partial charge >= 0.3 is 6.09 Å². The van der Waals surface area contributed by atoms with Gasteiger partial charge in [-0.25, -0.2) is 14.8 Å². The molecule has 22 heteroatoms. The van der Waals surface area contributed by atoms with E-state index >= 15 is 0 Å². The fourth-order valence-electron chi connectivity index (χ4n) is 1.70. The minimum absolute atomic E-state index is 0.0241. The van der Waals surface area contributed by atoms with Crippen LogP contribution in [0.5, 0.6) is 0 Å². The fraction of sp³-hybridized carbons (Fsp3) is 0.789. The van der Waals surface area contributed by atoms with E-state index in [-0.39, 0.29) is 29.0 Å². The molecule has 0 spiro atoms. The Hall–Kier alpha value is 1.22. The van der Waals surface area contributed by atoms with Gasteiger partial charge in [0.1, 0.15) is 17.6 Å². The molecule has 0 fully saturated rings. The molecule has 0 saturated carbocycles. The van der Waals surface area contributed by atoms with Gasteiger partial charge in [0.2, 0.25) is 11.9 Å². The SMILES string of the molecule is O=C(NCSCSC/N=C/[S+]([O-])CCSCSCCSC(=O)NCSCSC/N=C\OOCSCO)OCSCO. The first-order valence-corrected chi connectivity index (χ1v) is 23.0. The van der Waals surface area contributed by atoms with Crippen molar-refractivity contribution in [3.8, 4) is 0 Å². The first-order chi connectivity index (χ1) is 20.1. The average molecular weight is 769 g/mol. The lowest BCUT2D eigenvalue weighted by molar-refractivity contribution is -0.196. The van der Waals surface area contributed by atoms with Gasteiger partial charge < -0.3 is 35.0 Å². The highest BCUT2D eigenvalue weighted by molar-refractivity contribution is 8.18. The number of amides is 2. The summed E-state index contributed by atoms with van der Waals surface area (Å²) in [6.45, 7) is 0. The van der Waals surface area contributed by atoms with Crippen molar-refractivity contribution in [1.29, 1.82) is 0 Å². The number of nitrogens with one attached hydrogen (secondary N) is 2. The van der Waals surface area contributed by atoms with Crippen molar-refractivity contribution in [2.75, 3.05) is 85.5 Å². The third-order valence-corrected chi connectivity index (χ3v) is 12.9. The standard InChI is InChI=1S/C19H36N4O8S10/c24-11-38-13-29-18(26)22-8-36-17-35-7-21-10-41(28)4-3-33-15-32-1-2-40-19(27)23-9-37-16-34-6-20-5-30-31-14-39-12-25/h5,10,24-25H,1-4,6-9,11-17H2,(H,22,26)(H,23,27)/b20-5-,21-10+. The summed E-state index contributed by atoms with van der Waals surface area (Å²) in [6, 6.07) is 0. The smallest absolute Gasteiger partial charge is 0.408 e. The lowest BCUT2D eigenvalue weighted by Gasteiger charge is -2.06. The molecule has 0 aromatic heterocycles. The van der Waals surface area contributed by atoms with Crippen molar-refractivity contribution in [2.45, 2.75) is 0 Å².